The monoisotopic (exact) mass is 330 g/mol. The third kappa shape index (κ3) is 2.81. The average Bonchev–Trinajstić information content (AvgIpc) is 3.03. The molecule has 6 nitrogen and oxygen atoms in total. The van der Waals surface area contributed by atoms with Crippen LogP contribution in [0, 0.1) is 5.92 Å². The predicted molar refractivity (Wildman–Crippen MR) is 88.3 cm³/mol. The molecular formula is C18H22N2O4. The third-order valence-electron chi connectivity index (χ3n) is 4.98. The molecule has 1 aromatic rings. The van der Waals surface area contributed by atoms with E-state index in [4.69, 9.17) is 9.47 Å². The van der Waals surface area contributed by atoms with Gasteiger partial charge < -0.3 is 19.3 Å². The molecule has 1 aromatic carbocycles. The van der Waals surface area contributed by atoms with Gasteiger partial charge in [0.1, 0.15) is 13.2 Å². The van der Waals surface area contributed by atoms with E-state index in [1.165, 1.54) is 6.42 Å². The van der Waals surface area contributed by atoms with Gasteiger partial charge >= 0.3 is 0 Å². The van der Waals surface area contributed by atoms with Crippen molar-refractivity contribution in [3.8, 4) is 11.5 Å². The number of hydrogen-bond donors (Lipinski definition) is 0. The van der Waals surface area contributed by atoms with Crippen LogP contribution in [-0.4, -0.2) is 49.6 Å². The molecule has 3 aliphatic heterocycles. The van der Waals surface area contributed by atoms with Crippen molar-refractivity contribution in [2.24, 2.45) is 5.92 Å². The molecule has 0 unspecified atom stereocenters. The first-order chi connectivity index (χ1) is 11.7. The molecular weight excluding hydrogens is 308 g/mol. The van der Waals surface area contributed by atoms with Crippen molar-refractivity contribution in [3.63, 3.8) is 0 Å². The highest BCUT2D eigenvalue weighted by Crippen LogP contribution is 2.36. The molecule has 2 amide bonds. The van der Waals surface area contributed by atoms with Crippen LogP contribution < -0.4 is 14.4 Å². The Morgan fingerprint density at radius 2 is 1.79 bits per heavy atom. The molecule has 3 heterocycles. The van der Waals surface area contributed by atoms with Gasteiger partial charge in [0.15, 0.2) is 11.5 Å². The Hall–Kier alpha value is -2.24. The smallest absolute Gasteiger partial charge is 0.228 e. The Labute approximate surface area is 141 Å². The van der Waals surface area contributed by atoms with E-state index in [9.17, 15) is 9.59 Å². The van der Waals surface area contributed by atoms with E-state index in [1.807, 2.05) is 23.1 Å². The molecule has 1 atom stereocenters. The maximum absolute atomic E-state index is 12.7. The number of carbonyl (C=O) groups excluding carboxylic acids is 2. The molecule has 24 heavy (non-hydrogen) atoms. The van der Waals surface area contributed by atoms with E-state index in [0.717, 1.165) is 31.6 Å². The van der Waals surface area contributed by atoms with Crippen LogP contribution in [0.15, 0.2) is 18.2 Å². The minimum atomic E-state index is -0.233. The lowest BCUT2D eigenvalue weighted by Gasteiger charge is -2.29. The van der Waals surface area contributed by atoms with Gasteiger partial charge in [-0.1, -0.05) is 0 Å². The van der Waals surface area contributed by atoms with E-state index < -0.39 is 0 Å². The van der Waals surface area contributed by atoms with Gasteiger partial charge in [-0.3, -0.25) is 9.59 Å². The minimum Gasteiger partial charge on any atom is -0.486 e. The number of fused-ring (bicyclic) bond motifs is 1. The number of likely N-dealkylation sites (tertiary alicyclic amines) is 1. The van der Waals surface area contributed by atoms with E-state index >= 15 is 0 Å². The number of carbonyl (C=O) groups is 2. The standard InChI is InChI=1S/C18H22N2O4/c21-17-10-13(18(22)19-6-2-1-3-7-19)12-20(17)14-4-5-15-16(11-14)24-9-8-23-15/h4-5,11,13H,1-3,6-10,12H2/t13-/m0/s1. The number of nitrogens with zero attached hydrogens (tertiary/aromatic N) is 2. The van der Waals surface area contributed by atoms with Gasteiger partial charge in [0.25, 0.3) is 0 Å². The summed E-state index contributed by atoms with van der Waals surface area (Å²) in [5.74, 6) is 1.27. The number of anilines is 1. The van der Waals surface area contributed by atoms with Gasteiger partial charge in [0, 0.05) is 37.8 Å². The third-order valence-corrected chi connectivity index (χ3v) is 4.98. The zero-order valence-electron chi connectivity index (χ0n) is 13.7. The number of rotatable bonds is 2. The SMILES string of the molecule is O=C([C@H]1CC(=O)N(c2ccc3c(c2)OCCO3)C1)N1CCCCC1. The number of benzene rings is 1. The Morgan fingerprint density at radius 1 is 1.04 bits per heavy atom. The molecule has 0 spiro atoms. The van der Waals surface area contributed by atoms with Crippen LogP contribution in [0.4, 0.5) is 5.69 Å². The normalized spacial score (nSPS) is 23.5. The maximum atomic E-state index is 12.7. The Balaban J connectivity index is 1.48. The zero-order valence-corrected chi connectivity index (χ0v) is 13.7. The maximum Gasteiger partial charge on any atom is 0.228 e. The second kappa shape index (κ2) is 6.34. The van der Waals surface area contributed by atoms with Crippen LogP contribution in [0.1, 0.15) is 25.7 Å². The van der Waals surface area contributed by atoms with Crippen molar-refractivity contribution in [2.75, 3.05) is 37.7 Å². The lowest BCUT2D eigenvalue weighted by Crippen LogP contribution is -2.40. The molecule has 0 aliphatic carbocycles. The second-order valence-electron chi connectivity index (χ2n) is 6.62. The van der Waals surface area contributed by atoms with E-state index in [1.54, 1.807) is 4.90 Å². The fourth-order valence-electron chi connectivity index (χ4n) is 3.69. The first-order valence-corrected chi connectivity index (χ1v) is 8.71. The van der Waals surface area contributed by atoms with Crippen LogP contribution in [0.5, 0.6) is 11.5 Å². The van der Waals surface area contributed by atoms with Gasteiger partial charge in [-0.15, -0.1) is 0 Å². The highest BCUT2D eigenvalue weighted by atomic mass is 16.6. The van der Waals surface area contributed by atoms with E-state index in [0.29, 0.717) is 37.7 Å². The van der Waals surface area contributed by atoms with Crippen molar-refractivity contribution in [3.05, 3.63) is 18.2 Å². The van der Waals surface area contributed by atoms with Crippen LogP contribution in [0.25, 0.3) is 0 Å². The summed E-state index contributed by atoms with van der Waals surface area (Å²) in [4.78, 5) is 28.7. The highest BCUT2D eigenvalue weighted by molar-refractivity contribution is 6.00. The fourth-order valence-corrected chi connectivity index (χ4v) is 3.69. The van der Waals surface area contributed by atoms with Crippen molar-refractivity contribution in [1.29, 1.82) is 0 Å². The lowest BCUT2D eigenvalue weighted by atomic mass is 10.0. The number of amides is 2. The highest BCUT2D eigenvalue weighted by Gasteiger charge is 2.37. The lowest BCUT2D eigenvalue weighted by molar-refractivity contribution is -0.136. The molecule has 0 aromatic heterocycles. The van der Waals surface area contributed by atoms with Crippen LogP contribution in [0.2, 0.25) is 0 Å². The van der Waals surface area contributed by atoms with Gasteiger partial charge in [0.2, 0.25) is 11.8 Å². The van der Waals surface area contributed by atoms with Crippen molar-refractivity contribution in [1.82, 2.24) is 4.90 Å². The average molecular weight is 330 g/mol. The number of piperidine rings is 1. The summed E-state index contributed by atoms with van der Waals surface area (Å²) in [6.07, 6.45) is 3.62. The molecule has 4 rings (SSSR count). The van der Waals surface area contributed by atoms with Crippen LogP contribution in [0.3, 0.4) is 0 Å². The molecule has 2 saturated heterocycles. The first kappa shape index (κ1) is 15.3. The van der Waals surface area contributed by atoms with Crippen molar-refractivity contribution >= 4 is 17.5 Å². The summed E-state index contributed by atoms with van der Waals surface area (Å²) >= 11 is 0. The Kier molecular flexibility index (Phi) is 4.04. The van der Waals surface area contributed by atoms with E-state index in [2.05, 4.69) is 0 Å². The molecule has 6 heteroatoms. The Morgan fingerprint density at radius 3 is 2.58 bits per heavy atom. The van der Waals surface area contributed by atoms with Gasteiger partial charge in [0.05, 0.1) is 5.92 Å². The molecule has 128 valence electrons. The van der Waals surface area contributed by atoms with Crippen molar-refractivity contribution < 1.29 is 19.1 Å². The fraction of sp³-hybridized carbons (Fsp3) is 0.556. The molecule has 2 fully saturated rings. The molecule has 0 N–H and O–H groups in total. The number of hydrogen-bond acceptors (Lipinski definition) is 4. The summed E-state index contributed by atoms with van der Waals surface area (Å²) in [7, 11) is 0. The topological polar surface area (TPSA) is 59.1 Å². The van der Waals surface area contributed by atoms with Gasteiger partial charge in [-0.25, -0.2) is 0 Å². The van der Waals surface area contributed by atoms with Gasteiger partial charge in [-0.2, -0.15) is 0 Å². The zero-order chi connectivity index (χ0) is 16.5. The van der Waals surface area contributed by atoms with Crippen LogP contribution >= 0.6 is 0 Å². The van der Waals surface area contributed by atoms with Gasteiger partial charge in [-0.05, 0) is 31.4 Å². The number of ether oxygens (including phenoxy) is 2. The first-order valence-electron chi connectivity index (χ1n) is 8.71. The summed E-state index contributed by atoms with van der Waals surface area (Å²) in [5, 5.41) is 0. The summed E-state index contributed by atoms with van der Waals surface area (Å²) in [6.45, 7) is 3.16. The Bertz CT molecular complexity index is 654. The molecule has 0 saturated carbocycles. The van der Waals surface area contributed by atoms with Crippen LogP contribution in [-0.2, 0) is 9.59 Å². The van der Waals surface area contributed by atoms with E-state index in [-0.39, 0.29) is 17.7 Å². The largest absolute Gasteiger partial charge is 0.486 e. The molecule has 0 radical (unpaired) electrons. The minimum absolute atomic E-state index is 0.00189. The quantitative estimate of drug-likeness (QED) is 0.830. The predicted octanol–water partition coefficient (Wildman–Crippen LogP) is 1.82. The molecule has 3 aliphatic rings. The second-order valence-corrected chi connectivity index (χ2v) is 6.62. The summed E-state index contributed by atoms with van der Waals surface area (Å²) in [5.41, 5.74) is 0.776. The molecule has 0 bridgehead atoms. The summed E-state index contributed by atoms with van der Waals surface area (Å²) in [6, 6.07) is 5.52. The summed E-state index contributed by atoms with van der Waals surface area (Å²) < 4.78 is 11.1. The van der Waals surface area contributed by atoms with Crippen molar-refractivity contribution in [2.45, 2.75) is 25.7 Å².